The van der Waals surface area contributed by atoms with Crippen molar-refractivity contribution in [3.63, 3.8) is 0 Å². The second-order valence-corrected chi connectivity index (χ2v) is 17.0. The minimum absolute atomic E-state index is 0.600. The summed E-state index contributed by atoms with van der Waals surface area (Å²) in [5, 5.41) is 0. The van der Waals surface area contributed by atoms with Crippen LogP contribution in [0.25, 0.3) is 90.6 Å². The molecule has 2 aromatic heterocycles. The Kier molecular flexibility index (Phi) is 9.25. The van der Waals surface area contributed by atoms with E-state index in [0.29, 0.717) is 34.9 Å². The lowest BCUT2D eigenvalue weighted by molar-refractivity contribution is 0.436. The van der Waals surface area contributed by atoms with Crippen LogP contribution in [0.1, 0.15) is 22.3 Å². The van der Waals surface area contributed by atoms with Crippen LogP contribution in [0.5, 0.6) is 11.5 Å². The number of fused-ring (bicyclic) bond motifs is 9. The van der Waals surface area contributed by atoms with Gasteiger partial charge in [-0.3, -0.25) is 0 Å². The summed E-state index contributed by atoms with van der Waals surface area (Å²) >= 11 is 0. The van der Waals surface area contributed by atoms with Gasteiger partial charge in [-0.2, -0.15) is 0 Å². The number of nitrogens with zero attached hydrogens (tertiary/aromatic N) is 6. The topological polar surface area (TPSA) is 86.6 Å². The molecule has 0 N–H and O–H groups in total. The number of rotatable bonds is 7. The van der Waals surface area contributed by atoms with E-state index in [0.717, 1.165) is 89.4 Å². The molecule has 11 aromatic rings. The molecule has 7 nitrogen and oxygen atoms in total. The van der Waals surface area contributed by atoms with Gasteiger partial charge in [-0.15, -0.1) is 0 Å². The Balaban J connectivity index is 1.01. The van der Waals surface area contributed by atoms with E-state index in [4.69, 9.17) is 34.6 Å². The van der Waals surface area contributed by atoms with E-state index in [9.17, 15) is 0 Å². The van der Waals surface area contributed by atoms with Crippen LogP contribution in [0.3, 0.4) is 0 Å². The van der Waals surface area contributed by atoms with E-state index in [1.807, 2.05) is 133 Å². The molecule has 0 fully saturated rings. The molecule has 0 saturated heterocycles. The Hall–Kier alpha value is -9.20. The monoisotopic (exact) mass is 870 g/mol. The highest BCUT2D eigenvalue weighted by Gasteiger charge is 2.52. The third kappa shape index (κ3) is 6.43. The lowest BCUT2D eigenvalue weighted by atomic mass is 9.66. The van der Waals surface area contributed by atoms with Crippen molar-refractivity contribution >= 4 is 0 Å². The molecule has 1 spiro atoms. The third-order valence-electron chi connectivity index (χ3n) is 13.1. The number of aromatic nitrogens is 6. The molecule has 318 valence electrons. The second-order valence-electron chi connectivity index (χ2n) is 17.0. The number of para-hydroxylation sites is 2. The molecule has 9 aromatic carbocycles. The van der Waals surface area contributed by atoms with Crippen molar-refractivity contribution < 1.29 is 4.74 Å². The van der Waals surface area contributed by atoms with E-state index < -0.39 is 5.41 Å². The first-order chi connectivity index (χ1) is 33.7. The number of ether oxygens (including phenoxy) is 1. The van der Waals surface area contributed by atoms with Gasteiger partial charge in [0.2, 0.25) is 0 Å². The molecular weight excluding hydrogens is 833 g/mol. The van der Waals surface area contributed by atoms with Gasteiger partial charge in [0.1, 0.15) is 11.5 Å². The number of hydrogen-bond donors (Lipinski definition) is 0. The summed E-state index contributed by atoms with van der Waals surface area (Å²) in [6, 6.07) is 79.3. The summed E-state index contributed by atoms with van der Waals surface area (Å²) in [6.07, 6.45) is 0. The Morgan fingerprint density at radius 1 is 0.250 bits per heavy atom. The second kappa shape index (κ2) is 16.0. The van der Waals surface area contributed by atoms with Gasteiger partial charge >= 0.3 is 0 Å². The fourth-order valence-electron chi connectivity index (χ4n) is 10.00. The molecule has 0 atom stereocenters. The fourth-order valence-corrected chi connectivity index (χ4v) is 10.00. The molecular formula is C61H38N6O. The molecule has 1 aliphatic heterocycles. The predicted octanol–water partition coefficient (Wildman–Crippen LogP) is 14.2. The van der Waals surface area contributed by atoms with Crippen LogP contribution in [0.4, 0.5) is 0 Å². The molecule has 2 aliphatic rings. The van der Waals surface area contributed by atoms with Crippen LogP contribution in [0.2, 0.25) is 0 Å². The van der Waals surface area contributed by atoms with Crippen LogP contribution in [-0.2, 0) is 5.41 Å². The third-order valence-corrected chi connectivity index (χ3v) is 13.1. The van der Waals surface area contributed by atoms with Crippen molar-refractivity contribution in [1.82, 2.24) is 29.9 Å². The average Bonchev–Trinajstić information content (AvgIpc) is 3.71. The van der Waals surface area contributed by atoms with E-state index in [2.05, 4.69) is 97.1 Å². The smallest absolute Gasteiger partial charge is 0.164 e. The van der Waals surface area contributed by atoms with Gasteiger partial charge < -0.3 is 4.74 Å². The molecule has 68 heavy (non-hydrogen) atoms. The molecule has 1 aliphatic carbocycles. The van der Waals surface area contributed by atoms with Crippen molar-refractivity contribution in [3.8, 4) is 102 Å². The molecule has 0 unspecified atom stereocenters. The molecule has 3 heterocycles. The summed E-state index contributed by atoms with van der Waals surface area (Å²) in [6.45, 7) is 0. The first-order valence-electron chi connectivity index (χ1n) is 22.7. The quantitative estimate of drug-likeness (QED) is 0.158. The van der Waals surface area contributed by atoms with E-state index in [1.54, 1.807) is 0 Å². The number of hydrogen-bond acceptors (Lipinski definition) is 7. The molecule has 0 saturated carbocycles. The molecule has 0 radical (unpaired) electrons. The molecule has 0 amide bonds. The summed E-state index contributed by atoms with van der Waals surface area (Å²) in [7, 11) is 0. The van der Waals surface area contributed by atoms with Crippen LogP contribution in [0, 0.1) is 0 Å². The zero-order valence-corrected chi connectivity index (χ0v) is 36.5. The summed E-state index contributed by atoms with van der Waals surface area (Å²) in [5.41, 5.74) is 13.6. The van der Waals surface area contributed by atoms with Crippen LogP contribution in [-0.4, -0.2) is 29.9 Å². The lowest BCUT2D eigenvalue weighted by Gasteiger charge is -2.39. The normalized spacial score (nSPS) is 12.6. The Bertz CT molecular complexity index is 3530. The van der Waals surface area contributed by atoms with E-state index in [-0.39, 0.29) is 0 Å². The standard InChI is InChI=1S/C61H38N6O/c1-5-18-40(19-6-1)55-62-56(41-20-7-2-8-21-41)64-59(63-55)44-34-32-39(33-35-44)45-36-37-48-47(38-45)54-46(60-66-57(42-22-9-3-10-23-42)65-58(67-60)43-24-11-4-12-25-43)26-17-29-51(54)61(48)49-27-13-15-30-52(49)68-53-31-16-14-28-50(53)61/h1-38H. The first-order valence-corrected chi connectivity index (χ1v) is 22.7. The SMILES string of the molecule is c1ccc(-c2nc(-c3ccccc3)nc(-c3ccc(-c4ccc5c(c4)-c4c(-c6nc(-c7ccccc7)nc(-c7ccccc7)n6)cccc4C54c5ccccc5Oc5ccccc54)cc3)n2)cc1. The highest BCUT2D eigenvalue weighted by molar-refractivity contribution is 5.97. The highest BCUT2D eigenvalue weighted by Crippen LogP contribution is 2.63. The van der Waals surface area contributed by atoms with Crippen molar-refractivity contribution in [1.29, 1.82) is 0 Å². The summed E-state index contributed by atoms with van der Waals surface area (Å²) in [5.74, 6) is 5.35. The minimum atomic E-state index is -0.697. The average molecular weight is 871 g/mol. The molecule has 7 heteroatoms. The summed E-state index contributed by atoms with van der Waals surface area (Å²) in [4.78, 5) is 30.5. The van der Waals surface area contributed by atoms with Gasteiger partial charge in [0.05, 0.1) is 5.41 Å². The van der Waals surface area contributed by atoms with Gasteiger partial charge in [-0.1, -0.05) is 212 Å². The zero-order valence-electron chi connectivity index (χ0n) is 36.5. The van der Waals surface area contributed by atoms with Crippen LogP contribution >= 0.6 is 0 Å². The maximum absolute atomic E-state index is 6.70. The van der Waals surface area contributed by atoms with Crippen molar-refractivity contribution in [2.75, 3.05) is 0 Å². The van der Waals surface area contributed by atoms with Gasteiger partial charge in [-0.05, 0) is 51.6 Å². The van der Waals surface area contributed by atoms with Crippen LogP contribution < -0.4 is 4.74 Å². The Morgan fingerprint density at radius 3 is 1.09 bits per heavy atom. The maximum Gasteiger partial charge on any atom is 0.164 e. The van der Waals surface area contributed by atoms with E-state index >= 15 is 0 Å². The summed E-state index contributed by atoms with van der Waals surface area (Å²) < 4.78 is 6.70. The predicted molar refractivity (Wildman–Crippen MR) is 269 cm³/mol. The number of benzene rings is 9. The Labute approximate surface area is 393 Å². The molecule has 0 bridgehead atoms. The van der Waals surface area contributed by atoms with Crippen molar-refractivity contribution in [3.05, 3.63) is 253 Å². The minimum Gasteiger partial charge on any atom is -0.457 e. The maximum atomic E-state index is 6.70. The largest absolute Gasteiger partial charge is 0.457 e. The van der Waals surface area contributed by atoms with Gasteiger partial charge in [0.25, 0.3) is 0 Å². The van der Waals surface area contributed by atoms with Gasteiger partial charge in [0, 0.05) is 44.5 Å². The fraction of sp³-hybridized carbons (Fsp3) is 0.0164. The van der Waals surface area contributed by atoms with Crippen molar-refractivity contribution in [2.45, 2.75) is 5.41 Å². The Morgan fingerprint density at radius 2 is 0.618 bits per heavy atom. The van der Waals surface area contributed by atoms with Gasteiger partial charge in [-0.25, -0.2) is 29.9 Å². The van der Waals surface area contributed by atoms with Gasteiger partial charge in [0.15, 0.2) is 34.9 Å². The van der Waals surface area contributed by atoms with Crippen LogP contribution in [0.15, 0.2) is 231 Å². The molecule has 13 rings (SSSR count). The zero-order chi connectivity index (χ0) is 45.0. The highest BCUT2D eigenvalue weighted by atomic mass is 16.5. The first kappa shape index (κ1) is 39.2. The van der Waals surface area contributed by atoms with Crippen molar-refractivity contribution in [2.24, 2.45) is 0 Å². The lowest BCUT2D eigenvalue weighted by Crippen LogP contribution is -2.32. The van der Waals surface area contributed by atoms with E-state index in [1.165, 1.54) is 0 Å².